The van der Waals surface area contributed by atoms with E-state index in [1.807, 2.05) is 17.8 Å². The molecule has 2 N–H and O–H groups in total. The van der Waals surface area contributed by atoms with Gasteiger partial charge in [0.15, 0.2) is 0 Å². The lowest BCUT2D eigenvalue weighted by atomic mass is 10.1. The molecule has 0 fully saturated rings. The predicted octanol–water partition coefficient (Wildman–Crippen LogP) is 4.56. The Balaban J connectivity index is 2.08. The van der Waals surface area contributed by atoms with Gasteiger partial charge < -0.3 is 5.73 Å². The summed E-state index contributed by atoms with van der Waals surface area (Å²) in [5.41, 5.74) is 8.09. The fraction of sp³-hybridized carbons (Fsp3) is 0.467. The van der Waals surface area contributed by atoms with E-state index in [0.717, 1.165) is 5.69 Å². The van der Waals surface area contributed by atoms with Crippen molar-refractivity contribution in [1.82, 2.24) is 0 Å². The molecular weight excluding hydrogens is 226 g/mol. The number of nitrogens with two attached hydrogens (primary N) is 1. The van der Waals surface area contributed by atoms with Crippen molar-refractivity contribution in [2.24, 2.45) is 0 Å². The SMILES string of the molecule is Cc1c(N)cccc1SC1/C=C/CCCCC1. The number of thioether (sulfide) groups is 1. The van der Waals surface area contributed by atoms with E-state index in [1.165, 1.54) is 42.6 Å². The Morgan fingerprint density at radius 1 is 1.24 bits per heavy atom. The average Bonchev–Trinajstić information content (AvgIpc) is 2.28. The van der Waals surface area contributed by atoms with Crippen LogP contribution in [0.3, 0.4) is 0 Å². The van der Waals surface area contributed by atoms with E-state index in [1.54, 1.807) is 0 Å². The molecule has 0 bridgehead atoms. The topological polar surface area (TPSA) is 26.0 Å². The Kier molecular flexibility index (Phi) is 4.55. The molecular formula is C15H21NS. The molecule has 2 heteroatoms. The maximum atomic E-state index is 5.95. The minimum Gasteiger partial charge on any atom is -0.398 e. The van der Waals surface area contributed by atoms with E-state index < -0.39 is 0 Å². The average molecular weight is 247 g/mol. The van der Waals surface area contributed by atoms with Gasteiger partial charge in [0, 0.05) is 15.8 Å². The fourth-order valence-electron chi connectivity index (χ4n) is 2.15. The smallest absolute Gasteiger partial charge is 0.0354 e. The molecule has 1 aliphatic rings. The number of nitrogen functional groups attached to an aromatic ring is 1. The Hall–Kier alpha value is -0.890. The van der Waals surface area contributed by atoms with Crippen LogP contribution in [-0.2, 0) is 0 Å². The van der Waals surface area contributed by atoms with E-state index in [9.17, 15) is 0 Å². The summed E-state index contributed by atoms with van der Waals surface area (Å²) in [6.45, 7) is 2.12. The van der Waals surface area contributed by atoms with Gasteiger partial charge in [0.05, 0.1) is 0 Å². The van der Waals surface area contributed by atoms with Crippen LogP contribution < -0.4 is 5.73 Å². The largest absolute Gasteiger partial charge is 0.398 e. The second-order valence-electron chi connectivity index (χ2n) is 4.69. The quantitative estimate of drug-likeness (QED) is 0.612. The minimum absolute atomic E-state index is 0.621. The number of hydrogen-bond donors (Lipinski definition) is 1. The molecule has 0 heterocycles. The normalized spacial score (nSPS) is 22.8. The lowest BCUT2D eigenvalue weighted by molar-refractivity contribution is 0.643. The summed E-state index contributed by atoms with van der Waals surface area (Å²) >= 11 is 1.96. The van der Waals surface area contributed by atoms with Crippen molar-refractivity contribution >= 4 is 17.4 Å². The summed E-state index contributed by atoms with van der Waals surface area (Å²) in [6.07, 6.45) is 11.3. The maximum Gasteiger partial charge on any atom is 0.0354 e. The first-order valence-corrected chi connectivity index (χ1v) is 7.34. The van der Waals surface area contributed by atoms with Gasteiger partial charge in [0.25, 0.3) is 0 Å². The minimum atomic E-state index is 0.621. The summed E-state index contributed by atoms with van der Waals surface area (Å²) in [4.78, 5) is 1.33. The predicted molar refractivity (Wildman–Crippen MR) is 77.5 cm³/mol. The number of anilines is 1. The van der Waals surface area contributed by atoms with Crippen molar-refractivity contribution in [3.8, 4) is 0 Å². The van der Waals surface area contributed by atoms with Crippen molar-refractivity contribution < 1.29 is 0 Å². The third-order valence-electron chi connectivity index (χ3n) is 3.31. The van der Waals surface area contributed by atoms with Gasteiger partial charge in [-0.15, -0.1) is 11.8 Å². The van der Waals surface area contributed by atoms with Crippen molar-refractivity contribution in [2.45, 2.75) is 49.2 Å². The molecule has 1 aromatic rings. The third kappa shape index (κ3) is 3.53. The highest BCUT2D eigenvalue weighted by Gasteiger charge is 2.11. The number of hydrogen-bond acceptors (Lipinski definition) is 2. The highest BCUT2D eigenvalue weighted by molar-refractivity contribution is 8.00. The number of rotatable bonds is 2. The molecule has 0 aliphatic heterocycles. The monoisotopic (exact) mass is 247 g/mol. The first-order chi connectivity index (χ1) is 8.27. The van der Waals surface area contributed by atoms with Crippen LogP contribution in [0.2, 0.25) is 0 Å². The van der Waals surface area contributed by atoms with Gasteiger partial charge in [-0.2, -0.15) is 0 Å². The van der Waals surface area contributed by atoms with Gasteiger partial charge in [-0.05, 0) is 43.9 Å². The van der Waals surface area contributed by atoms with Crippen LogP contribution in [0.1, 0.15) is 37.7 Å². The van der Waals surface area contributed by atoms with Gasteiger partial charge in [0.1, 0.15) is 0 Å². The van der Waals surface area contributed by atoms with E-state index in [4.69, 9.17) is 5.73 Å². The van der Waals surface area contributed by atoms with Crippen LogP contribution in [0.25, 0.3) is 0 Å². The Morgan fingerprint density at radius 3 is 3.00 bits per heavy atom. The number of benzene rings is 1. The molecule has 0 radical (unpaired) electrons. The molecule has 1 aliphatic carbocycles. The lowest BCUT2D eigenvalue weighted by Gasteiger charge is -2.16. The summed E-state index contributed by atoms with van der Waals surface area (Å²) < 4.78 is 0. The molecule has 0 aromatic heterocycles. The van der Waals surface area contributed by atoms with Gasteiger partial charge in [-0.3, -0.25) is 0 Å². The molecule has 0 spiro atoms. The van der Waals surface area contributed by atoms with E-state index in [0.29, 0.717) is 5.25 Å². The molecule has 1 atom stereocenters. The van der Waals surface area contributed by atoms with Crippen molar-refractivity contribution in [1.29, 1.82) is 0 Å². The van der Waals surface area contributed by atoms with Crippen LogP contribution in [0.5, 0.6) is 0 Å². The lowest BCUT2D eigenvalue weighted by Crippen LogP contribution is -2.01. The van der Waals surface area contributed by atoms with Gasteiger partial charge in [-0.25, -0.2) is 0 Å². The van der Waals surface area contributed by atoms with Gasteiger partial charge in [0.2, 0.25) is 0 Å². The van der Waals surface area contributed by atoms with Gasteiger partial charge in [-0.1, -0.05) is 31.1 Å². The molecule has 92 valence electrons. The maximum absolute atomic E-state index is 5.95. The summed E-state index contributed by atoms with van der Waals surface area (Å²) in [5, 5.41) is 0.621. The molecule has 2 rings (SSSR count). The molecule has 0 amide bonds. The second-order valence-corrected chi connectivity index (χ2v) is 5.97. The highest BCUT2D eigenvalue weighted by Crippen LogP contribution is 2.33. The Morgan fingerprint density at radius 2 is 2.12 bits per heavy atom. The van der Waals surface area contributed by atoms with Crippen LogP contribution in [0.4, 0.5) is 5.69 Å². The van der Waals surface area contributed by atoms with Crippen molar-refractivity contribution in [3.63, 3.8) is 0 Å². The molecule has 1 unspecified atom stereocenters. The summed E-state index contributed by atoms with van der Waals surface area (Å²) in [7, 11) is 0. The molecule has 17 heavy (non-hydrogen) atoms. The van der Waals surface area contributed by atoms with E-state index in [-0.39, 0.29) is 0 Å². The molecule has 1 aromatic carbocycles. The zero-order chi connectivity index (χ0) is 12.1. The fourth-order valence-corrected chi connectivity index (χ4v) is 3.40. The standard InChI is InChI=1S/C15H21NS/c1-12-14(16)10-7-11-15(12)17-13-8-5-3-2-4-6-9-13/h5,7-8,10-11,13H,2-4,6,9,16H2,1H3/b8-5+. The van der Waals surface area contributed by atoms with E-state index >= 15 is 0 Å². The first kappa shape index (κ1) is 12.6. The first-order valence-electron chi connectivity index (χ1n) is 6.46. The van der Waals surface area contributed by atoms with E-state index in [2.05, 4.69) is 31.2 Å². The van der Waals surface area contributed by atoms with Gasteiger partial charge >= 0.3 is 0 Å². The van der Waals surface area contributed by atoms with Crippen LogP contribution in [0, 0.1) is 6.92 Å². The van der Waals surface area contributed by atoms with Crippen LogP contribution >= 0.6 is 11.8 Å². The zero-order valence-corrected chi connectivity index (χ0v) is 11.3. The third-order valence-corrected chi connectivity index (χ3v) is 4.71. The number of allylic oxidation sites excluding steroid dienone is 1. The molecule has 0 saturated heterocycles. The van der Waals surface area contributed by atoms with Crippen molar-refractivity contribution in [2.75, 3.05) is 5.73 Å². The highest BCUT2D eigenvalue weighted by atomic mass is 32.2. The Labute approximate surface area is 108 Å². The molecule has 0 saturated carbocycles. The summed E-state index contributed by atoms with van der Waals surface area (Å²) in [5.74, 6) is 0. The Bertz CT molecular complexity index is 398. The van der Waals surface area contributed by atoms with Crippen LogP contribution in [-0.4, -0.2) is 5.25 Å². The summed E-state index contributed by atoms with van der Waals surface area (Å²) in [6, 6.07) is 6.22. The zero-order valence-electron chi connectivity index (χ0n) is 10.5. The molecule has 1 nitrogen and oxygen atoms in total. The second kappa shape index (κ2) is 6.15. The van der Waals surface area contributed by atoms with Crippen molar-refractivity contribution in [3.05, 3.63) is 35.9 Å². The van der Waals surface area contributed by atoms with Crippen LogP contribution in [0.15, 0.2) is 35.2 Å².